The topological polar surface area (TPSA) is 88.5 Å². The van der Waals surface area contributed by atoms with E-state index in [-0.39, 0.29) is 15.7 Å². The lowest BCUT2D eigenvalue weighted by atomic mass is 10.2. The number of halogens is 2. The van der Waals surface area contributed by atoms with Crippen LogP contribution >= 0.6 is 23.2 Å². The molecule has 0 atom stereocenters. The molecular formula is C14H10Cl2N4O3. The number of aromatic nitrogens is 3. The molecule has 2 N–H and O–H groups in total. The summed E-state index contributed by atoms with van der Waals surface area (Å²) in [6.45, 7) is 0. The Bertz CT molecular complexity index is 964. The number of rotatable bonds is 3. The van der Waals surface area contributed by atoms with Crippen LogP contribution in [0.25, 0.3) is 5.52 Å². The van der Waals surface area contributed by atoms with Crippen molar-refractivity contribution in [2.75, 3.05) is 12.4 Å². The van der Waals surface area contributed by atoms with E-state index in [1.165, 1.54) is 17.8 Å². The molecule has 23 heavy (non-hydrogen) atoms. The first-order chi connectivity index (χ1) is 11.0. The molecule has 3 rings (SSSR count). The molecule has 0 aliphatic heterocycles. The summed E-state index contributed by atoms with van der Waals surface area (Å²) in [5.41, 5.74) is 0.376. The van der Waals surface area contributed by atoms with Crippen molar-refractivity contribution in [3.8, 4) is 5.88 Å². The van der Waals surface area contributed by atoms with Crippen molar-refractivity contribution in [2.45, 2.75) is 0 Å². The van der Waals surface area contributed by atoms with Crippen LogP contribution in [-0.4, -0.2) is 27.6 Å². The highest BCUT2D eigenvalue weighted by Crippen LogP contribution is 2.27. The molecule has 118 valence electrons. The second-order valence-corrected chi connectivity index (χ2v) is 5.31. The first-order valence-corrected chi connectivity index (χ1v) is 7.17. The lowest BCUT2D eigenvalue weighted by molar-refractivity contribution is 0.102. The van der Waals surface area contributed by atoms with Gasteiger partial charge in [-0.05, 0) is 12.1 Å². The summed E-state index contributed by atoms with van der Waals surface area (Å²) < 4.78 is 6.66. The number of nitrogens with one attached hydrogen (secondary N) is 2. The van der Waals surface area contributed by atoms with Gasteiger partial charge in [0.2, 0.25) is 5.88 Å². The molecule has 0 saturated heterocycles. The van der Waals surface area contributed by atoms with Gasteiger partial charge in [0.25, 0.3) is 11.5 Å². The third-order valence-corrected chi connectivity index (χ3v) is 3.86. The molecule has 0 fully saturated rings. The number of fused-ring (bicyclic) bond motifs is 1. The molecule has 0 unspecified atom stereocenters. The van der Waals surface area contributed by atoms with Crippen LogP contribution in [-0.2, 0) is 0 Å². The van der Waals surface area contributed by atoms with Crippen LogP contribution in [0.5, 0.6) is 5.88 Å². The molecule has 3 aromatic rings. The molecule has 0 spiro atoms. The molecule has 3 heterocycles. The average Bonchev–Trinajstić information content (AvgIpc) is 3.03. The Kier molecular flexibility index (Phi) is 3.97. The Hall–Kier alpha value is -2.51. The van der Waals surface area contributed by atoms with Gasteiger partial charge in [0.1, 0.15) is 5.02 Å². The fraction of sp³-hybridized carbons (Fsp3) is 0.0714. The van der Waals surface area contributed by atoms with E-state index in [1.807, 2.05) is 0 Å². The normalized spacial score (nSPS) is 10.7. The predicted octanol–water partition coefficient (Wildman–Crippen LogP) is 2.59. The van der Waals surface area contributed by atoms with Crippen LogP contribution in [0.2, 0.25) is 10.0 Å². The van der Waals surface area contributed by atoms with Crippen molar-refractivity contribution in [2.24, 2.45) is 0 Å². The van der Waals surface area contributed by atoms with Crippen LogP contribution in [0.15, 0.2) is 35.4 Å². The van der Waals surface area contributed by atoms with Gasteiger partial charge < -0.3 is 15.0 Å². The third-order valence-electron chi connectivity index (χ3n) is 3.20. The number of amides is 1. The fourth-order valence-corrected chi connectivity index (χ4v) is 2.57. The van der Waals surface area contributed by atoms with E-state index in [2.05, 4.69) is 15.4 Å². The molecular weight excluding hydrogens is 343 g/mol. The molecule has 0 aliphatic rings. The average molecular weight is 353 g/mol. The van der Waals surface area contributed by atoms with Gasteiger partial charge in [-0.25, -0.2) is 4.52 Å². The molecule has 0 radical (unpaired) electrons. The Morgan fingerprint density at radius 2 is 2.13 bits per heavy atom. The quantitative estimate of drug-likeness (QED) is 0.758. The van der Waals surface area contributed by atoms with Crippen molar-refractivity contribution in [1.29, 1.82) is 0 Å². The summed E-state index contributed by atoms with van der Waals surface area (Å²) >= 11 is 11.9. The van der Waals surface area contributed by atoms with Crippen LogP contribution in [0, 0.1) is 0 Å². The highest BCUT2D eigenvalue weighted by Gasteiger charge is 2.17. The van der Waals surface area contributed by atoms with Crippen molar-refractivity contribution in [3.63, 3.8) is 0 Å². The van der Waals surface area contributed by atoms with Crippen LogP contribution in [0.4, 0.5) is 5.69 Å². The van der Waals surface area contributed by atoms with Gasteiger partial charge in [-0.2, -0.15) is 5.10 Å². The second kappa shape index (κ2) is 5.94. The smallest absolute Gasteiger partial charge is 0.268 e. The van der Waals surface area contributed by atoms with Crippen molar-refractivity contribution in [1.82, 2.24) is 14.6 Å². The first kappa shape index (κ1) is 15.4. The molecule has 3 aromatic heterocycles. The van der Waals surface area contributed by atoms with E-state index < -0.39 is 11.5 Å². The Balaban J connectivity index is 2.04. The van der Waals surface area contributed by atoms with E-state index in [0.717, 1.165) is 0 Å². The molecule has 0 aromatic carbocycles. The number of ether oxygens (including phenoxy) is 1. The van der Waals surface area contributed by atoms with Gasteiger partial charge in [0.15, 0.2) is 0 Å². The SMILES string of the molecule is COc1ccc(C(=O)Nc2c(Cl)c[nH]c(=O)c2Cl)c2ccnn12. The molecule has 1 amide bonds. The number of carbonyl (C=O) groups excluding carboxylic acids is 1. The van der Waals surface area contributed by atoms with Crippen molar-refractivity contribution in [3.05, 3.63) is 56.6 Å². The zero-order valence-corrected chi connectivity index (χ0v) is 13.3. The molecule has 0 aliphatic carbocycles. The van der Waals surface area contributed by atoms with E-state index in [4.69, 9.17) is 27.9 Å². The number of H-pyrrole nitrogens is 1. The number of hydrogen-bond acceptors (Lipinski definition) is 4. The standard InChI is InChI=1S/C14H10Cl2N4O3/c1-23-10-3-2-7(9-4-5-18-20(9)10)13(21)19-12-8(15)6-17-14(22)11(12)16/h2-6H,1H3,(H2,17,19,21,22). The monoisotopic (exact) mass is 352 g/mol. The van der Waals surface area contributed by atoms with E-state index in [0.29, 0.717) is 17.0 Å². The lowest BCUT2D eigenvalue weighted by Gasteiger charge is -2.10. The van der Waals surface area contributed by atoms with E-state index in [9.17, 15) is 9.59 Å². The van der Waals surface area contributed by atoms with E-state index >= 15 is 0 Å². The van der Waals surface area contributed by atoms with Gasteiger partial charge in [0, 0.05) is 12.3 Å². The van der Waals surface area contributed by atoms with Crippen LogP contribution in [0.1, 0.15) is 10.4 Å². The molecule has 9 heteroatoms. The predicted molar refractivity (Wildman–Crippen MR) is 86.8 cm³/mol. The Morgan fingerprint density at radius 3 is 2.87 bits per heavy atom. The summed E-state index contributed by atoms with van der Waals surface area (Å²) in [7, 11) is 1.51. The Labute approximate surface area is 139 Å². The summed E-state index contributed by atoms with van der Waals surface area (Å²) in [5.74, 6) is 0.00123. The lowest BCUT2D eigenvalue weighted by Crippen LogP contribution is -2.17. The summed E-state index contributed by atoms with van der Waals surface area (Å²) in [4.78, 5) is 26.4. The highest BCUT2D eigenvalue weighted by atomic mass is 35.5. The summed E-state index contributed by atoms with van der Waals surface area (Å²) in [6, 6.07) is 4.86. The maximum absolute atomic E-state index is 12.5. The number of anilines is 1. The fourth-order valence-electron chi connectivity index (χ4n) is 2.12. The molecule has 7 nitrogen and oxygen atoms in total. The van der Waals surface area contributed by atoms with Gasteiger partial charge >= 0.3 is 0 Å². The zero-order chi connectivity index (χ0) is 16.6. The van der Waals surface area contributed by atoms with Crippen LogP contribution in [0.3, 0.4) is 0 Å². The van der Waals surface area contributed by atoms with Gasteiger partial charge in [-0.1, -0.05) is 23.2 Å². The Morgan fingerprint density at radius 1 is 1.35 bits per heavy atom. The summed E-state index contributed by atoms with van der Waals surface area (Å²) in [5, 5.41) is 6.58. The minimum Gasteiger partial charge on any atom is -0.481 e. The van der Waals surface area contributed by atoms with Crippen LogP contribution < -0.4 is 15.6 Å². The maximum Gasteiger partial charge on any atom is 0.268 e. The number of carbonyl (C=O) groups is 1. The van der Waals surface area contributed by atoms with E-state index in [1.54, 1.807) is 24.4 Å². The van der Waals surface area contributed by atoms with Gasteiger partial charge in [-0.3, -0.25) is 9.59 Å². The molecule has 0 bridgehead atoms. The number of methoxy groups -OCH3 is 1. The maximum atomic E-state index is 12.5. The molecule has 0 saturated carbocycles. The number of hydrogen-bond donors (Lipinski definition) is 2. The van der Waals surface area contributed by atoms with Gasteiger partial charge in [0.05, 0.1) is 35.1 Å². The summed E-state index contributed by atoms with van der Waals surface area (Å²) in [6.07, 6.45) is 2.80. The second-order valence-electron chi connectivity index (χ2n) is 4.53. The van der Waals surface area contributed by atoms with Crippen molar-refractivity contribution >= 4 is 40.3 Å². The zero-order valence-electron chi connectivity index (χ0n) is 11.8. The number of nitrogens with zero attached hydrogens (tertiary/aromatic N) is 2. The van der Waals surface area contributed by atoms with Crippen molar-refractivity contribution < 1.29 is 9.53 Å². The highest BCUT2D eigenvalue weighted by molar-refractivity contribution is 6.39. The third kappa shape index (κ3) is 2.64. The first-order valence-electron chi connectivity index (χ1n) is 6.41. The van der Waals surface area contributed by atoms with Gasteiger partial charge in [-0.15, -0.1) is 0 Å². The number of aromatic amines is 1. The number of pyridine rings is 2. The minimum atomic E-state index is -0.546. The minimum absolute atomic E-state index is 0.0515. The largest absolute Gasteiger partial charge is 0.481 e.